The Bertz CT molecular complexity index is 187. The molecule has 1 aliphatic rings. The van der Waals surface area contributed by atoms with Crippen molar-refractivity contribution in [2.45, 2.75) is 33.1 Å². The SMILES string of the molecule is CCC1=CC[C]([Mg+])=C1CC. The van der Waals surface area contributed by atoms with Crippen LogP contribution < -0.4 is 0 Å². The van der Waals surface area contributed by atoms with E-state index < -0.39 is 0 Å². The van der Waals surface area contributed by atoms with E-state index in [0.717, 1.165) is 0 Å². The molecule has 0 aromatic heterocycles. The normalized spacial score (nSPS) is 18.2. The van der Waals surface area contributed by atoms with Crippen molar-refractivity contribution in [3.63, 3.8) is 0 Å². The van der Waals surface area contributed by atoms with Crippen molar-refractivity contribution in [3.05, 3.63) is 20.9 Å². The summed E-state index contributed by atoms with van der Waals surface area (Å²) in [7, 11) is 0. The van der Waals surface area contributed by atoms with Gasteiger partial charge in [-0.1, -0.05) is 0 Å². The third kappa shape index (κ3) is 1.46. The maximum atomic E-state index is 2.38. The maximum absolute atomic E-state index is 2.38. The van der Waals surface area contributed by atoms with E-state index in [1.807, 2.05) is 0 Å². The Kier molecular flexibility index (Phi) is 2.99. The molecule has 0 heterocycles. The monoisotopic (exact) mass is 145 g/mol. The Balaban J connectivity index is 2.79. The van der Waals surface area contributed by atoms with Crippen LogP contribution in [0.2, 0.25) is 0 Å². The van der Waals surface area contributed by atoms with E-state index in [2.05, 4.69) is 41.6 Å². The third-order valence-corrected chi connectivity index (χ3v) is 2.86. The van der Waals surface area contributed by atoms with Gasteiger partial charge in [-0.3, -0.25) is 0 Å². The topological polar surface area (TPSA) is 0 Å². The molecule has 1 aliphatic carbocycles. The van der Waals surface area contributed by atoms with Crippen molar-refractivity contribution in [1.82, 2.24) is 0 Å². The van der Waals surface area contributed by atoms with Gasteiger partial charge in [0.05, 0.1) is 0 Å². The quantitative estimate of drug-likeness (QED) is 0.524. The summed E-state index contributed by atoms with van der Waals surface area (Å²) in [4.78, 5) is 0. The Hall–Kier alpha value is 0.246. The molecular weight excluding hydrogens is 132 g/mol. The van der Waals surface area contributed by atoms with Gasteiger partial charge < -0.3 is 0 Å². The third-order valence-electron chi connectivity index (χ3n) is 2.14. The Morgan fingerprint density at radius 3 is 2.50 bits per heavy atom. The zero-order chi connectivity index (χ0) is 7.56. The molecule has 1 heteroatoms. The molecule has 0 atom stereocenters. The second kappa shape index (κ2) is 3.58. The van der Waals surface area contributed by atoms with Crippen LogP contribution in [0.1, 0.15) is 33.1 Å². The minimum atomic E-state index is 1.21. The van der Waals surface area contributed by atoms with Crippen LogP contribution in [-0.2, 0) is 0 Å². The van der Waals surface area contributed by atoms with E-state index in [0.29, 0.717) is 0 Å². The van der Waals surface area contributed by atoms with Crippen LogP contribution in [0, 0.1) is 0 Å². The molecule has 0 aromatic rings. The summed E-state index contributed by atoms with van der Waals surface area (Å²) in [6, 6.07) is 0. The molecule has 0 N–H and O–H groups in total. The van der Waals surface area contributed by atoms with Crippen molar-refractivity contribution >= 4 is 21.7 Å². The fraction of sp³-hybridized carbons (Fsp3) is 0.556. The Labute approximate surface area is 75.8 Å². The summed E-state index contributed by atoms with van der Waals surface area (Å²) < 4.78 is 1.61. The van der Waals surface area contributed by atoms with E-state index in [1.54, 1.807) is 14.8 Å². The van der Waals surface area contributed by atoms with E-state index in [1.165, 1.54) is 19.3 Å². The first kappa shape index (κ1) is 8.34. The molecule has 0 saturated carbocycles. The number of hydrogen-bond donors (Lipinski definition) is 0. The van der Waals surface area contributed by atoms with Crippen LogP contribution in [0.3, 0.4) is 0 Å². The molecule has 0 bridgehead atoms. The molecule has 0 spiro atoms. The summed E-state index contributed by atoms with van der Waals surface area (Å²) in [5.41, 5.74) is 3.22. The van der Waals surface area contributed by atoms with Crippen molar-refractivity contribution in [3.8, 4) is 0 Å². The minimum absolute atomic E-state index is 1.21. The average molecular weight is 146 g/mol. The van der Waals surface area contributed by atoms with E-state index >= 15 is 0 Å². The van der Waals surface area contributed by atoms with Crippen LogP contribution in [-0.4, -0.2) is 21.7 Å². The second-order valence-corrected chi connectivity index (χ2v) is 3.58. The van der Waals surface area contributed by atoms with Crippen molar-refractivity contribution in [1.29, 1.82) is 0 Å². The van der Waals surface area contributed by atoms with Crippen molar-refractivity contribution in [2.75, 3.05) is 0 Å². The van der Waals surface area contributed by atoms with Gasteiger partial charge in [-0.15, -0.1) is 0 Å². The van der Waals surface area contributed by atoms with Crippen LogP contribution in [0.25, 0.3) is 0 Å². The number of hydrogen-bond acceptors (Lipinski definition) is 0. The molecule has 0 radical (unpaired) electrons. The molecule has 0 saturated heterocycles. The molecule has 0 aliphatic heterocycles. The number of rotatable bonds is 2. The van der Waals surface area contributed by atoms with E-state index in [9.17, 15) is 0 Å². The molecule has 0 amide bonds. The van der Waals surface area contributed by atoms with Gasteiger partial charge in [0.2, 0.25) is 0 Å². The Morgan fingerprint density at radius 1 is 1.40 bits per heavy atom. The molecule has 10 heavy (non-hydrogen) atoms. The van der Waals surface area contributed by atoms with Gasteiger partial charge in [-0.2, -0.15) is 0 Å². The zero-order valence-corrected chi connectivity index (χ0v) is 8.32. The predicted molar refractivity (Wildman–Crippen MR) is 46.1 cm³/mol. The summed E-state index contributed by atoms with van der Waals surface area (Å²) in [5, 5.41) is 0. The molecule has 50 valence electrons. The van der Waals surface area contributed by atoms with Crippen LogP contribution in [0.15, 0.2) is 20.9 Å². The zero-order valence-electron chi connectivity index (χ0n) is 6.91. The van der Waals surface area contributed by atoms with E-state index in [-0.39, 0.29) is 0 Å². The van der Waals surface area contributed by atoms with Gasteiger partial charge >= 0.3 is 75.7 Å². The fourth-order valence-corrected chi connectivity index (χ4v) is 2.18. The van der Waals surface area contributed by atoms with Crippen molar-refractivity contribution < 1.29 is 0 Å². The predicted octanol–water partition coefficient (Wildman–Crippen LogP) is 2.56. The average Bonchev–Trinajstić information content (AvgIpc) is 2.30. The second-order valence-electron chi connectivity index (χ2n) is 2.72. The van der Waals surface area contributed by atoms with Crippen LogP contribution >= 0.6 is 0 Å². The Morgan fingerprint density at radius 2 is 2.10 bits per heavy atom. The van der Waals surface area contributed by atoms with Gasteiger partial charge in [0.15, 0.2) is 0 Å². The standard InChI is InChI=1S/C9H13.Mg/c1-3-8-6-5-7-9(8)4-2;/h6H,3-5H2,1-2H3;/q;+1. The van der Waals surface area contributed by atoms with Gasteiger partial charge in [-0.05, 0) is 0 Å². The summed E-state index contributed by atoms with van der Waals surface area (Å²) in [5.74, 6) is 0. The van der Waals surface area contributed by atoms with Gasteiger partial charge in [0.1, 0.15) is 0 Å². The molecule has 0 nitrogen and oxygen atoms in total. The van der Waals surface area contributed by atoms with Crippen LogP contribution in [0.4, 0.5) is 0 Å². The first-order valence-corrected chi connectivity index (χ1v) is 4.73. The first-order chi connectivity index (χ1) is 4.79. The van der Waals surface area contributed by atoms with Crippen LogP contribution in [0.5, 0.6) is 0 Å². The fourth-order valence-electron chi connectivity index (χ4n) is 1.55. The van der Waals surface area contributed by atoms with Crippen molar-refractivity contribution in [2.24, 2.45) is 0 Å². The van der Waals surface area contributed by atoms with Gasteiger partial charge in [-0.25, -0.2) is 0 Å². The molecular formula is C9H13Mg+. The molecule has 0 unspecified atom stereocenters. The van der Waals surface area contributed by atoms with E-state index in [4.69, 9.17) is 0 Å². The molecule has 1 rings (SSSR count). The summed E-state index contributed by atoms with van der Waals surface area (Å²) in [6.07, 6.45) is 6.02. The van der Waals surface area contributed by atoms with Gasteiger partial charge in [0, 0.05) is 0 Å². The van der Waals surface area contributed by atoms with Gasteiger partial charge in [0.25, 0.3) is 0 Å². The first-order valence-electron chi connectivity index (χ1n) is 4.03. The summed E-state index contributed by atoms with van der Waals surface area (Å²) in [6.45, 7) is 4.49. The number of allylic oxidation sites excluding steroid dienone is 4. The summed E-state index contributed by atoms with van der Waals surface area (Å²) >= 11 is 2.05. The molecule has 0 fully saturated rings. The molecule has 0 aromatic carbocycles.